The zero-order valence-electron chi connectivity index (χ0n) is 10.2. The van der Waals surface area contributed by atoms with Crippen LogP contribution >= 0.6 is 0 Å². The van der Waals surface area contributed by atoms with Gasteiger partial charge in [0.15, 0.2) is 5.82 Å². The lowest BCUT2D eigenvalue weighted by Crippen LogP contribution is -2.27. The third-order valence-corrected chi connectivity index (χ3v) is 3.44. The lowest BCUT2D eigenvalue weighted by atomic mass is 10.0. The molecule has 0 aliphatic heterocycles. The Morgan fingerprint density at radius 1 is 1.44 bits per heavy atom. The molecule has 1 aromatic heterocycles. The van der Waals surface area contributed by atoms with Crippen molar-refractivity contribution in [2.75, 3.05) is 7.05 Å². The summed E-state index contributed by atoms with van der Waals surface area (Å²) in [7, 11) is 2.01. The van der Waals surface area contributed by atoms with Crippen LogP contribution in [0.1, 0.15) is 56.7 Å². The second kappa shape index (κ2) is 5.43. The second-order valence-corrected chi connectivity index (χ2v) is 4.58. The Hall–Kier alpha value is -0.900. The molecule has 16 heavy (non-hydrogen) atoms. The molecule has 1 aromatic rings. The Labute approximate surface area is 96.8 Å². The highest BCUT2D eigenvalue weighted by atomic mass is 16.5. The molecule has 4 nitrogen and oxygen atoms in total. The summed E-state index contributed by atoms with van der Waals surface area (Å²) in [6.07, 6.45) is 6.89. The van der Waals surface area contributed by atoms with Crippen LogP contribution in [0.4, 0.5) is 0 Å². The first-order valence-electron chi connectivity index (χ1n) is 6.35. The summed E-state index contributed by atoms with van der Waals surface area (Å²) in [4.78, 5) is 4.51. The van der Waals surface area contributed by atoms with Crippen LogP contribution in [0.5, 0.6) is 0 Å². The number of nitrogens with one attached hydrogen (secondary N) is 1. The van der Waals surface area contributed by atoms with Crippen molar-refractivity contribution in [1.29, 1.82) is 0 Å². The molecule has 1 fully saturated rings. The summed E-state index contributed by atoms with van der Waals surface area (Å²) >= 11 is 0. The molecule has 1 saturated carbocycles. The van der Waals surface area contributed by atoms with E-state index in [-0.39, 0.29) is 0 Å². The van der Waals surface area contributed by atoms with Gasteiger partial charge in [0.05, 0.1) is 5.92 Å². The van der Waals surface area contributed by atoms with E-state index in [4.69, 9.17) is 4.52 Å². The molecule has 0 amide bonds. The highest BCUT2D eigenvalue weighted by molar-refractivity contribution is 5.02. The summed E-state index contributed by atoms with van der Waals surface area (Å²) in [5, 5.41) is 7.39. The first kappa shape index (κ1) is 11.6. The third kappa shape index (κ3) is 2.43. The average Bonchev–Trinajstić information content (AvgIpc) is 2.94. The minimum atomic E-state index is 0.424. The molecule has 0 saturated heterocycles. The zero-order valence-corrected chi connectivity index (χ0v) is 10.2. The zero-order chi connectivity index (χ0) is 11.4. The van der Waals surface area contributed by atoms with Gasteiger partial charge in [0.25, 0.3) is 0 Å². The Bertz CT molecular complexity index is 324. The van der Waals surface area contributed by atoms with Crippen LogP contribution in [0.15, 0.2) is 4.52 Å². The molecule has 0 radical (unpaired) electrons. The van der Waals surface area contributed by atoms with E-state index >= 15 is 0 Å². The Balaban J connectivity index is 2.00. The van der Waals surface area contributed by atoms with Crippen LogP contribution in [0, 0.1) is 0 Å². The molecule has 1 aliphatic carbocycles. The molecule has 2 unspecified atom stereocenters. The van der Waals surface area contributed by atoms with E-state index in [2.05, 4.69) is 22.4 Å². The molecule has 1 N–H and O–H groups in total. The van der Waals surface area contributed by atoms with Crippen molar-refractivity contribution in [1.82, 2.24) is 15.5 Å². The predicted octanol–water partition coefficient (Wildman–Crippen LogP) is 2.27. The fraction of sp³-hybridized carbons (Fsp3) is 0.833. The van der Waals surface area contributed by atoms with Gasteiger partial charge >= 0.3 is 0 Å². The van der Waals surface area contributed by atoms with E-state index < -0.39 is 0 Å². The number of aryl methyl sites for hydroxylation is 1. The topological polar surface area (TPSA) is 51.0 Å². The van der Waals surface area contributed by atoms with Crippen LogP contribution in [0.2, 0.25) is 0 Å². The van der Waals surface area contributed by atoms with Crippen molar-refractivity contribution in [3.8, 4) is 0 Å². The number of likely N-dealkylation sites (N-methyl/N-ethyl adjacent to an activating group) is 1. The van der Waals surface area contributed by atoms with Crippen LogP contribution < -0.4 is 5.32 Å². The largest absolute Gasteiger partial charge is 0.339 e. The minimum absolute atomic E-state index is 0.424. The van der Waals surface area contributed by atoms with Gasteiger partial charge in [0, 0.05) is 12.5 Å². The van der Waals surface area contributed by atoms with E-state index in [1.165, 1.54) is 25.7 Å². The van der Waals surface area contributed by atoms with E-state index in [0.29, 0.717) is 12.0 Å². The van der Waals surface area contributed by atoms with E-state index in [1.54, 1.807) is 0 Å². The maximum atomic E-state index is 5.38. The number of aromatic nitrogens is 2. The van der Waals surface area contributed by atoms with Crippen molar-refractivity contribution < 1.29 is 4.52 Å². The van der Waals surface area contributed by atoms with Gasteiger partial charge < -0.3 is 9.84 Å². The monoisotopic (exact) mass is 223 g/mol. The van der Waals surface area contributed by atoms with Gasteiger partial charge in [-0.25, -0.2) is 0 Å². The third-order valence-electron chi connectivity index (χ3n) is 3.44. The molecule has 2 atom stereocenters. The molecule has 0 bridgehead atoms. The first-order valence-corrected chi connectivity index (χ1v) is 6.35. The Kier molecular flexibility index (Phi) is 3.93. The summed E-state index contributed by atoms with van der Waals surface area (Å²) in [5.41, 5.74) is 0. The number of nitrogens with zero attached hydrogens (tertiary/aromatic N) is 2. The van der Waals surface area contributed by atoms with Gasteiger partial charge in [-0.2, -0.15) is 4.98 Å². The Morgan fingerprint density at radius 3 is 3.06 bits per heavy atom. The van der Waals surface area contributed by atoms with Gasteiger partial charge in [0.2, 0.25) is 5.89 Å². The maximum absolute atomic E-state index is 5.38. The highest BCUT2D eigenvalue weighted by Gasteiger charge is 2.31. The van der Waals surface area contributed by atoms with Gasteiger partial charge in [0.1, 0.15) is 0 Å². The predicted molar refractivity (Wildman–Crippen MR) is 62.3 cm³/mol. The van der Waals surface area contributed by atoms with Crippen LogP contribution in [0.25, 0.3) is 0 Å². The first-order chi connectivity index (χ1) is 7.85. The molecular formula is C12H21N3O. The fourth-order valence-electron chi connectivity index (χ4n) is 2.46. The smallest absolute Gasteiger partial charge is 0.231 e. The van der Waals surface area contributed by atoms with Gasteiger partial charge in [-0.05, 0) is 26.3 Å². The summed E-state index contributed by atoms with van der Waals surface area (Å²) in [5.74, 6) is 2.13. The summed E-state index contributed by atoms with van der Waals surface area (Å²) in [6.45, 7) is 2.18. The molecule has 90 valence electrons. The molecule has 2 rings (SSSR count). The van der Waals surface area contributed by atoms with E-state index in [0.717, 1.165) is 24.6 Å². The normalized spacial score (nSPS) is 25.1. The maximum Gasteiger partial charge on any atom is 0.231 e. The molecule has 1 aliphatic rings. The average molecular weight is 223 g/mol. The fourth-order valence-corrected chi connectivity index (χ4v) is 2.46. The SMILES string of the molecule is CCCCc1noc(C2CCCC2NC)n1. The van der Waals surface area contributed by atoms with Gasteiger partial charge in [-0.1, -0.05) is 24.9 Å². The van der Waals surface area contributed by atoms with Crippen molar-refractivity contribution >= 4 is 0 Å². The van der Waals surface area contributed by atoms with Crippen molar-refractivity contribution in [3.05, 3.63) is 11.7 Å². The van der Waals surface area contributed by atoms with E-state index in [1.807, 2.05) is 7.05 Å². The quantitative estimate of drug-likeness (QED) is 0.832. The second-order valence-electron chi connectivity index (χ2n) is 4.58. The number of rotatable bonds is 5. The van der Waals surface area contributed by atoms with Crippen molar-refractivity contribution in [3.63, 3.8) is 0 Å². The van der Waals surface area contributed by atoms with Gasteiger partial charge in [-0.15, -0.1) is 0 Å². The van der Waals surface area contributed by atoms with Crippen molar-refractivity contribution in [2.45, 2.75) is 57.4 Å². The van der Waals surface area contributed by atoms with Crippen LogP contribution in [-0.4, -0.2) is 23.2 Å². The molecule has 4 heteroatoms. The highest BCUT2D eigenvalue weighted by Crippen LogP contribution is 2.33. The number of unbranched alkanes of at least 4 members (excludes halogenated alkanes) is 1. The van der Waals surface area contributed by atoms with Crippen molar-refractivity contribution in [2.24, 2.45) is 0 Å². The lowest BCUT2D eigenvalue weighted by Gasteiger charge is -2.14. The van der Waals surface area contributed by atoms with E-state index in [9.17, 15) is 0 Å². The number of hydrogen-bond acceptors (Lipinski definition) is 4. The molecule has 0 aromatic carbocycles. The molecule has 1 heterocycles. The number of hydrogen-bond donors (Lipinski definition) is 1. The minimum Gasteiger partial charge on any atom is -0.339 e. The van der Waals surface area contributed by atoms with Crippen LogP contribution in [0.3, 0.4) is 0 Å². The Morgan fingerprint density at radius 2 is 2.31 bits per heavy atom. The molecular weight excluding hydrogens is 202 g/mol. The summed E-state index contributed by atoms with van der Waals surface area (Å²) in [6, 6.07) is 0.513. The summed E-state index contributed by atoms with van der Waals surface area (Å²) < 4.78 is 5.38. The van der Waals surface area contributed by atoms with Crippen LogP contribution in [-0.2, 0) is 6.42 Å². The standard InChI is InChI=1S/C12H21N3O/c1-3-4-8-11-14-12(16-15-11)9-6-5-7-10(9)13-2/h9-10,13H,3-8H2,1-2H3. The molecule has 0 spiro atoms. The van der Waals surface area contributed by atoms with Gasteiger partial charge in [-0.3, -0.25) is 0 Å². The lowest BCUT2D eigenvalue weighted by molar-refractivity contribution is 0.332.